The molecule has 2 rings (SSSR count). The number of carboxylic acids is 1. The number of hydrogen-bond acceptors (Lipinski definition) is 4. The number of rotatable bonds is 3. The van der Waals surface area contributed by atoms with Gasteiger partial charge in [0.05, 0.1) is 15.5 Å². The van der Waals surface area contributed by atoms with Crippen LogP contribution in [0.2, 0.25) is 4.34 Å². The molecule has 7 heteroatoms. The molecule has 1 aromatic rings. The molecule has 1 aliphatic rings. The van der Waals surface area contributed by atoms with Gasteiger partial charge in [0.15, 0.2) is 9.84 Å². The molecule has 15 heavy (non-hydrogen) atoms. The summed E-state index contributed by atoms with van der Waals surface area (Å²) in [5, 5.41) is 7.88. The van der Waals surface area contributed by atoms with Crippen molar-refractivity contribution in [2.24, 2.45) is 5.92 Å². The van der Waals surface area contributed by atoms with Gasteiger partial charge in [0.2, 0.25) is 0 Å². The molecule has 1 aromatic heterocycles. The Balaban J connectivity index is 2.27. The van der Waals surface area contributed by atoms with Crippen LogP contribution in [0.4, 0.5) is 0 Å². The van der Waals surface area contributed by atoms with Crippen LogP contribution in [0.15, 0.2) is 16.3 Å². The highest BCUT2D eigenvalue weighted by molar-refractivity contribution is 7.94. The second kappa shape index (κ2) is 3.47. The van der Waals surface area contributed by atoms with E-state index in [0.29, 0.717) is 4.34 Å². The normalized spacial score (nSPS) is 25.1. The van der Waals surface area contributed by atoms with E-state index in [1.807, 2.05) is 0 Å². The average molecular weight is 267 g/mol. The standard InChI is InChI=1S/C8H7ClO4S2/c9-6-1-2-7(14-6)15(12,13)5-3-4(5)8(10)11/h1-2,4-5H,3H2,(H,10,11). The van der Waals surface area contributed by atoms with Crippen molar-refractivity contribution in [3.63, 3.8) is 0 Å². The summed E-state index contributed by atoms with van der Waals surface area (Å²) in [6, 6.07) is 2.91. The summed E-state index contributed by atoms with van der Waals surface area (Å²) in [7, 11) is -3.49. The fraction of sp³-hybridized carbons (Fsp3) is 0.375. The first-order valence-electron chi connectivity index (χ1n) is 4.15. The van der Waals surface area contributed by atoms with Crippen LogP contribution in [0.3, 0.4) is 0 Å². The lowest BCUT2D eigenvalue weighted by molar-refractivity contribution is -0.138. The minimum absolute atomic E-state index is 0.154. The molecule has 2 unspecified atom stereocenters. The highest BCUT2D eigenvalue weighted by Crippen LogP contribution is 2.42. The van der Waals surface area contributed by atoms with E-state index >= 15 is 0 Å². The molecule has 0 bridgehead atoms. The molecule has 4 nitrogen and oxygen atoms in total. The second-order valence-corrected chi connectivity index (χ2v) is 7.43. The van der Waals surface area contributed by atoms with Crippen LogP contribution in [0.25, 0.3) is 0 Å². The molecule has 0 spiro atoms. The summed E-state index contributed by atoms with van der Waals surface area (Å²) in [6.45, 7) is 0. The van der Waals surface area contributed by atoms with Crippen LogP contribution in [0.5, 0.6) is 0 Å². The highest BCUT2D eigenvalue weighted by Gasteiger charge is 2.52. The Labute approximate surface area is 95.4 Å². The Hall–Kier alpha value is -0.590. The molecular weight excluding hydrogens is 260 g/mol. The Morgan fingerprint density at radius 3 is 2.60 bits per heavy atom. The monoisotopic (exact) mass is 266 g/mol. The predicted octanol–water partition coefficient (Wildman–Crippen LogP) is 1.65. The maximum Gasteiger partial charge on any atom is 0.307 e. The van der Waals surface area contributed by atoms with Gasteiger partial charge in [0.1, 0.15) is 4.21 Å². The molecule has 1 heterocycles. The maximum atomic E-state index is 11.8. The Morgan fingerprint density at radius 1 is 1.53 bits per heavy atom. The highest BCUT2D eigenvalue weighted by atomic mass is 35.5. The minimum Gasteiger partial charge on any atom is -0.481 e. The number of thiophene rings is 1. The first kappa shape index (κ1) is 10.9. The summed E-state index contributed by atoms with van der Waals surface area (Å²) in [5.74, 6) is -1.80. The van der Waals surface area contributed by atoms with Crippen LogP contribution >= 0.6 is 22.9 Å². The zero-order chi connectivity index (χ0) is 11.2. The zero-order valence-corrected chi connectivity index (χ0v) is 9.77. The van der Waals surface area contributed by atoms with Gasteiger partial charge >= 0.3 is 5.97 Å². The van der Waals surface area contributed by atoms with Crippen molar-refractivity contribution in [2.75, 3.05) is 0 Å². The Kier molecular flexibility index (Phi) is 2.52. The third kappa shape index (κ3) is 1.89. The van der Waals surface area contributed by atoms with Crippen molar-refractivity contribution in [3.05, 3.63) is 16.5 Å². The van der Waals surface area contributed by atoms with Crippen LogP contribution < -0.4 is 0 Å². The summed E-state index contributed by atoms with van der Waals surface area (Å²) in [6.07, 6.45) is 0.202. The van der Waals surface area contributed by atoms with Crippen LogP contribution in [-0.4, -0.2) is 24.7 Å². The molecule has 0 saturated heterocycles. The number of carbonyl (C=O) groups is 1. The average Bonchev–Trinajstić information content (AvgIpc) is 2.84. The van der Waals surface area contributed by atoms with Crippen molar-refractivity contribution in [3.8, 4) is 0 Å². The molecule has 2 atom stereocenters. The van der Waals surface area contributed by atoms with E-state index in [0.717, 1.165) is 11.3 Å². The number of hydrogen-bond donors (Lipinski definition) is 1. The molecule has 0 radical (unpaired) electrons. The Bertz CT molecular complexity index is 504. The fourth-order valence-electron chi connectivity index (χ4n) is 1.37. The summed E-state index contributed by atoms with van der Waals surface area (Å²) in [5.41, 5.74) is 0. The van der Waals surface area contributed by atoms with Crippen molar-refractivity contribution in [1.82, 2.24) is 0 Å². The van der Waals surface area contributed by atoms with E-state index in [1.165, 1.54) is 12.1 Å². The van der Waals surface area contributed by atoms with Gasteiger partial charge in [-0.05, 0) is 18.6 Å². The van der Waals surface area contributed by atoms with Gasteiger partial charge in [0, 0.05) is 0 Å². The molecule has 1 aliphatic carbocycles. The van der Waals surface area contributed by atoms with Gasteiger partial charge in [-0.2, -0.15) is 0 Å². The molecule has 82 valence electrons. The Morgan fingerprint density at radius 2 is 2.20 bits per heavy atom. The number of aliphatic carboxylic acids is 1. The van der Waals surface area contributed by atoms with Gasteiger partial charge in [-0.1, -0.05) is 11.6 Å². The summed E-state index contributed by atoms with van der Waals surface area (Å²) >= 11 is 6.59. The van der Waals surface area contributed by atoms with Gasteiger partial charge in [-0.3, -0.25) is 4.79 Å². The minimum atomic E-state index is -3.49. The van der Waals surface area contributed by atoms with Gasteiger partial charge in [-0.15, -0.1) is 11.3 Å². The van der Waals surface area contributed by atoms with Crippen molar-refractivity contribution < 1.29 is 18.3 Å². The zero-order valence-electron chi connectivity index (χ0n) is 7.38. The van der Waals surface area contributed by atoms with Gasteiger partial charge in [-0.25, -0.2) is 8.42 Å². The molecule has 0 amide bonds. The van der Waals surface area contributed by atoms with Gasteiger partial charge < -0.3 is 5.11 Å². The molecule has 1 fully saturated rings. The van der Waals surface area contributed by atoms with E-state index in [9.17, 15) is 13.2 Å². The van der Waals surface area contributed by atoms with Crippen LogP contribution in [0, 0.1) is 5.92 Å². The van der Waals surface area contributed by atoms with Crippen LogP contribution in [0.1, 0.15) is 6.42 Å². The topological polar surface area (TPSA) is 71.4 Å². The first-order valence-corrected chi connectivity index (χ1v) is 6.89. The fourth-order valence-corrected chi connectivity index (χ4v) is 4.96. The van der Waals surface area contributed by atoms with Crippen LogP contribution in [-0.2, 0) is 14.6 Å². The quantitative estimate of drug-likeness (QED) is 0.903. The smallest absolute Gasteiger partial charge is 0.307 e. The first-order chi connectivity index (χ1) is 6.93. The summed E-state index contributed by atoms with van der Waals surface area (Å²) in [4.78, 5) is 10.6. The lowest BCUT2D eigenvalue weighted by atomic mass is 10.4. The summed E-state index contributed by atoms with van der Waals surface area (Å²) < 4.78 is 24.2. The lowest BCUT2D eigenvalue weighted by Crippen LogP contribution is -2.12. The molecule has 1 N–H and O–H groups in total. The largest absolute Gasteiger partial charge is 0.481 e. The van der Waals surface area contributed by atoms with E-state index in [4.69, 9.17) is 16.7 Å². The van der Waals surface area contributed by atoms with Crippen molar-refractivity contribution >= 4 is 38.7 Å². The van der Waals surface area contributed by atoms with E-state index in [1.54, 1.807) is 0 Å². The second-order valence-electron chi connectivity index (χ2n) is 3.32. The van der Waals surface area contributed by atoms with E-state index in [-0.39, 0.29) is 10.6 Å². The van der Waals surface area contributed by atoms with Gasteiger partial charge in [0.25, 0.3) is 0 Å². The molecular formula is C8H7ClO4S2. The predicted molar refractivity (Wildman–Crippen MR) is 56.0 cm³/mol. The number of carboxylic acid groups (broad SMARTS) is 1. The maximum absolute atomic E-state index is 11.8. The SMILES string of the molecule is O=C(O)C1CC1S(=O)(=O)c1ccc(Cl)s1. The molecule has 0 aliphatic heterocycles. The number of halogens is 1. The van der Waals surface area contributed by atoms with E-state index in [2.05, 4.69) is 0 Å². The lowest BCUT2D eigenvalue weighted by Gasteiger charge is -1.97. The van der Waals surface area contributed by atoms with Crippen molar-refractivity contribution in [1.29, 1.82) is 0 Å². The number of sulfone groups is 1. The van der Waals surface area contributed by atoms with E-state index < -0.39 is 27.0 Å². The third-order valence-electron chi connectivity index (χ3n) is 2.28. The molecule has 1 saturated carbocycles. The van der Waals surface area contributed by atoms with Crippen molar-refractivity contribution in [2.45, 2.75) is 15.9 Å². The third-order valence-corrected chi connectivity index (χ3v) is 6.26. The molecule has 0 aromatic carbocycles.